The van der Waals surface area contributed by atoms with Crippen molar-refractivity contribution in [1.82, 2.24) is 0 Å². The number of carbonyl (C=O) groups is 3. The number of para-hydroxylation sites is 2. The average Bonchev–Trinajstić information content (AvgIpc) is 2.84. The Morgan fingerprint density at radius 3 is 2.26 bits per heavy atom. The third kappa shape index (κ3) is 4.41. The van der Waals surface area contributed by atoms with E-state index in [9.17, 15) is 18.8 Å². The molecule has 0 saturated heterocycles. The van der Waals surface area contributed by atoms with E-state index in [4.69, 9.17) is 4.74 Å². The first-order chi connectivity index (χ1) is 16.4. The van der Waals surface area contributed by atoms with E-state index < -0.39 is 29.8 Å². The van der Waals surface area contributed by atoms with Crippen LogP contribution in [0.5, 0.6) is 0 Å². The van der Waals surface area contributed by atoms with Gasteiger partial charge < -0.3 is 9.64 Å². The highest BCUT2D eigenvalue weighted by Crippen LogP contribution is 2.43. The highest BCUT2D eigenvalue weighted by molar-refractivity contribution is 6.10. The van der Waals surface area contributed by atoms with Crippen LogP contribution >= 0.6 is 0 Å². The van der Waals surface area contributed by atoms with Gasteiger partial charge in [0.25, 0.3) is 5.91 Å². The standard InChI is InChI=1S/C27H25FN2O4/c1-3-34-27(33)25-17-24(29(18(2)31)21-9-5-4-6-10-21)22-11-7-8-12-23(22)30(25)26(32)19-13-15-20(28)16-14-19/h4-16,24-25H,3,17H2,1-2H3. The summed E-state index contributed by atoms with van der Waals surface area (Å²) in [5.74, 6) is -1.66. The second kappa shape index (κ2) is 9.87. The largest absolute Gasteiger partial charge is 0.464 e. The van der Waals surface area contributed by atoms with Gasteiger partial charge in [-0.05, 0) is 55.0 Å². The Morgan fingerprint density at radius 2 is 1.62 bits per heavy atom. The van der Waals surface area contributed by atoms with Crippen LogP contribution in [-0.2, 0) is 14.3 Å². The Morgan fingerprint density at radius 1 is 0.971 bits per heavy atom. The molecule has 2 atom stereocenters. The lowest BCUT2D eigenvalue weighted by molar-refractivity contribution is -0.145. The molecule has 2 unspecified atom stereocenters. The highest BCUT2D eigenvalue weighted by Gasteiger charge is 2.43. The zero-order valence-corrected chi connectivity index (χ0v) is 19.0. The summed E-state index contributed by atoms with van der Waals surface area (Å²) < 4.78 is 18.8. The molecule has 0 spiro atoms. The Kier molecular flexibility index (Phi) is 6.72. The monoisotopic (exact) mass is 460 g/mol. The predicted octanol–water partition coefficient (Wildman–Crippen LogP) is 4.90. The minimum atomic E-state index is -0.969. The summed E-state index contributed by atoms with van der Waals surface area (Å²) in [6.45, 7) is 3.32. The quantitative estimate of drug-likeness (QED) is 0.508. The van der Waals surface area contributed by atoms with E-state index in [1.807, 2.05) is 42.5 Å². The number of hydrogen-bond donors (Lipinski definition) is 0. The second-order valence-corrected chi connectivity index (χ2v) is 7.98. The molecule has 0 aliphatic carbocycles. The molecule has 34 heavy (non-hydrogen) atoms. The molecule has 4 rings (SSSR count). The van der Waals surface area contributed by atoms with Crippen LogP contribution in [0.25, 0.3) is 0 Å². The van der Waals surface area contributed by atoms with Gasteiger partial charge in [-0.1, -0.05) is 36.4 Å². The van der Waals surface area contributed by atoms with Gasteiger partial charge in [0.15, 0.2) is 0 Å². The van der Waals surface area contributed by atoms with Crippen LogP contribution in [0.3, 0.4) is 0 Å². The number of fused-ring (bicyclic) bond motifs is 1. The Hall–Kier alpha value is -4.00. The molecule has 2 amide bonds. The van der Waals surface area contributed by atoms with Gasteiger partial charge in [0, 0.05) is 24.6 Å². The number of esters is 1. The first-order valence-electron chi connectivity index (χ1n) is 11.1. The number of anilines is 2. The lowest BCUT2D eigenvalue weighted by Crippen LogP contribution is -2.52. The number of carbonyl (C=O) groups excluding carboxylic acids is 3. The summed E-state index contributed by atoms with van der Waals surface area (Å²) in [4.78, 5) is 42.6. The van der Waals surface area contributed by atoms with Crippen LogP contribution in [0.2, 0.25) is 0 Å². The fraction of sp³-hybridized carbons (Fsp3) is 0.222. The van der Waals surface area contributed by atoms with Gasteiger partial charge in [-0.25, -0.2) is 9.18 Å². The van der Waals surface area contributed by atoms with Crippen LogP contribution in [0.4, 0.5) is 15.8 Å². The number of amides is 2. The summed E-state index contributed by atoms with van der Waals surface area (Å²) in [6.07, 6.45) is 0.150. The van der Waals surface area contributed by atoms with Crippen molar-refractivity contribution < 1.29 is 23.5 Å². The van der Waals surface area contributed by atoms with Crippen LogP contribution in [0.15, 0.2) is 78.9 Å². The number of benzene rings is 3. The predicted molar refractivity (Wildman–Crippen MR) is 127 cm³/mol. The van der Waals surface area contributed by atoms with Gasteiger partial charge in [0.1, 0.15) is 11.9 Å². The summed E-state index contributed by atoms with van der Waals surface area (Å²) in [6, 6.07) is 20.1. The van der Waals surface area contributed by atoms with Gasteiger partial charge in [0.2, 0.25) is 5.91 Å². The molecular formula is C27H25FN2O4. The minimum absolute atomic E-state index is 0.148. The number of hydrogen-bond acceptors (Lipinski definition) is 4. The van der Waals surface area contributed by atoms with Crippen molar-refractivity contribution in [1.29, 1.82) is 0 Å². The molecule has 3 aromatic rings. The van der Waals surface area contributed by atoms with E-state index in [-0.39, 0.29) is 24.5 Å². The van der Waals surface area contributed by atoms with E-state index in [2.05, 4.69) is 0 Å². The van der Waals surface area contributed by atoms with Gasteiger partial charge >= 0.3 is 5.97 Å². The van der Waals surface area contributed by atoms with Crippen LogP contribution in [0.1, 0.15) is 42.2 Å². The van der Waals surface area contributed by atoms with Gasteiger partial charge in [-0.3, -0.25) is 14.5 Å². The maximum atomic E-state index is 13.6. The molecule has 0 bridgehead atoms. The third-order valence-electron chi connectivity index (χ3n) is 5.87. The van der Waals surface area contributed by atoms with E-state index in [0.717, 1.165) is 5.56 Å². The average molecular weight is 461 g/mol. The Balaban J connectivity index is 1.86. The van der Waals surface area contributed by atoms with Crippen molar-refractivity contribution in [3.63, 3.8) is 0 Å². The number of rotatable bonds is 5. The summed E-state index contributed by atoms with van der Waals surface area (Å²) >= 11 is 0. The van der Waals surface area contributed by atoms with E-state index in [0.29, 0.717) is 11.4 Å². The van der Waals surface area contributed by atoms with Crippen LogP contribution in [0, 0.1) is 5.82 Å². The lowest BCUT2D eigenvalue weighted by Gasteiger charge is -2.43. The number of ether oxygens (including phenoxy) is 1. The second-order valence-electron chi connectivity index (χ2n) is 7.98. The molecule has 0 fully saturated rings. The maximum Gasteiger partial charge on any atom is 0.329 e. The van der Waals surface area contributed by atoms with Crippen molar-refractivity contribution in [2.24, 2.45) is 0 Å². The summed E-state index contributed by atoms with van der Waals surface area (Å²) in [5, 5.41) is 0. The Labute approximate surface area is 197 Å². The zero-order valence-electron chi connectivity index (χ0n) is 19.0. The molecule has 6 nitrogen and oxygen atoms in total. The smallest absolute Gasteiger partial charge is 0.329 e. The van der Waals surface area contributed by atoms with Crippen molar-refractivity contribution in [3.05, 3.63) is 95.8 Å². The molecule has 0 N–H and O–H groups in total. The number of nitrogens with zero attached hydrogens (tertiary/aromatic N) is 2. The van der Waals surface area contributed by atoms with Gasteiger partial charge in [-0.2, -0.15) is 0 Å². The maximum absolute atomic E-state index is 13.6. The SMILES string of the molecule is CCOC(=O)C1CC(N(C(C)=O)c2ccccc2)c2ccccc2N1C(=O)c1ccc(F)cc1. The normalized spacial score (nSPS) is 17.0. The third-order valence-corrected chi connectivity index (χ3v) is 5.87. The topological polar surface area (TPSA) is 66.9 Å². The molecule has 3 aromatic carbocycles. The zero-order chi connectivity index (χ0) is 24.2. The molecule has 0 aromatic heterocycles. The highest BCUT2D eigenvalue weighted by atomic mass is 19.1. The van der Waals surface area contributed by atoms with Crippen molar-refractivity contribution in [2.45, 2.75) is 32.4 Å². The molecule has 0 saturated carbocycles. The van der Waals surface area contributed by atoms with Crippen molar-refractivity contribution >= 4 is 29.2 Å². The molecule has 7 heteroatoms. The summed E-state index contributed by atoms with van der Waals surface area (Å²) in [7, 11) is 0. The van der Waals surface area contributed by atoms with Gasteiger partial charge in [0.05, 0.1) is 18.3 Å². The van der Waals surface area contributed by atoms with Gasteiger partial charge in [-0.15, -0.1) is 0 Å². The van der Waals surface area contributed by atoms with Crippen molar-refractivity contribution in [3.8, 4) is 0 Å². The minimum Gasteiger partial charge on any atom is -0.464 e. The first-order valence-corrected chi connectivity index (χ1v) is 11.1. The fourth-order valence-corrected chi connectivity index (χ4v) is 4.44. The summed E-state index contributed by atoms with van der Waals surface area (Å²) in [5.41, 5.74) is 2.18. The molecule has 1 aliphatic heterocycles. The van der Waals surface area contributed by atoms with E-state index in [1.54, 1.807) is 24.0 Å². The van der Waals surface area contributed by atoms with Crippen LogP contribution < -0.4 is 9.80 Å². The van der Waals surface area contributed by atoms with Crippen LogP contribution in [-0.4, -0.2) is 30.4 Å². The van der Waals surface area contributed by atoms with Crippen molar-refractivity contribution in [2.75, 3.05) is 16.4 Å². The lowest BCUT2D eigenvalue weighted by atomic mass is 9.88. The molecule has 174 valence electrons. The fourth-order valence-electron chi connectivity index (χ4n) is 4.44. The van der Waals surface area contributed by atoms with E-state index in [1.165, 1.54) is 36.1 Å². The first kappa shape index (κ1) is 23.2. The Bertz CT molecular complexity index is 1200. The van der Waals surface area contributed by atoms with E-state index >= 15 is 0 Å². The number of halogens is 1. The molecule has 0 radical (unpaired) electrons. The molecule has 1 aliphatic rings. The molecule has 1 heterocycles. The molecular weight excluding hydrogens is 435 g/mol.